The average molecular weight is 275 g/mol. The number of hydrogen-bond donors (Lipinski definition) is 2. The van der Waals surface area contributed by atoms with Crippen molar-refractivity contribution < 1.29 is 13.2 Å². The van der Waals surface area contributed by atoms with E-state index >= 15 is 0 Å². The molecule has 7 heteroatoms. The third kappa shape index (κ3) is 2.14. The zero-order chi connectivity index (χ0) is 13.4. The predicted octanol–water partition coefficient (Wildman–Crippen LogP) is 2.48. The summed E-state index contributed by atoms with van der Waals surface area (Å²) in [5, 5.41) is -0.0407. The highest BCUT2D eigenvalue weighted by molar-refractivity contribution is 8.13. The lowest BCUT2D eigenvalue weighted by atomic mass is 9.86. The lowest BCUT2D eigenvalue weighted by Crippen LogP contribution is -2.44. The van der Waals surface area contributed by atoms with Gasteiger partial charge in [-0.25, -0.2) is 4.99 Å². The van der Waals surface area contributed by atoms with Gasteiger partial charge in [0.15, 0.2) is 10.7 Å². The summed E-state index contributed by atoms with van der Waals surface area (Å²) in [4.78, 5) is 3.67. The molecule has 0 fully saturated rings. The molecule has 0 spiro atoms. The van der Waals surface area contributed by atoms with Crippen molar-refractivity contribution in [2.45, 2.75) is 18.1 Å². The Morgan fingerprint density at radius 2 is 2.00 bits per heavy atom. The molecule has 1 aliphatic heterocycles. The number of alkyl halides is 3. The Balaban J connectivity index is 2.60. The number of hydrogen-bond acceptors (Lipinski definition) is 4. The molecule has 4 N–H and O–H groups in total. The molecule has 0 radical (unpaired) electrons. The van der Waals surface area contributed by atoms with Crippen molar-refractivity contribution in [3.63, 3.8) is 0 Å². The van der Waals surface area contributed by atoms with Crippen molar-refractivity contribution in [2.24, 2.45) is 10.7 Å². The molecule has 1 aromatic carbocycles. The number of nitrogen functional groups attached to an aromatic ring is 1. The van der Waals surface area contributed by atoms with E-state index in [-0.39, 0.29) is 28.6 Å². The largest absolute Gasteiger partial charge is 0.417 e. The molecule has 98 valence electrons. The van der Waals surface area contributed by atoms with Crippen molar-refractivity contribution in [3.05, 3.63) is 29.8 Å². The molecule has 1 atom stereocenters. The Labute approximate surface area is 106 Å². The van der Waals surface area contributed by atoms with Gasteiger partial charge in [-0.2, -0.15) is 13.2 Å². The number of thioether (sulfide) groups is 1. The molecule has 0 aliphatic carbocycles. The number of amidine groups is 1. The van der Waals surface area contributed by atoms with Gasteiger partial charge in [0.05, 0.1) is 0 Å². The lowest BCUT2D eigenvalue weighted by Gasteiger charge is -2.35. The third-order valence-electron chi connectivity index (χ3n) is 2.85. The number of nitrogens with two attached hydrogens (primary N) is 2. The molecule has 18 heavy (non-hydrogen) atoms. The van der Waals surface area contributed by atoms with E-state index in [9.17, 15) is 13.2 Å². The number of nitrogens with zero attached hydrogens (tertiary/aromatic N) is 1. The first-order chi connectivity index (χ1) is 8.35. The molecule has 0 bridgehead atoms. The summed E-state index contributed by atoms with van der Waals surface area (Å²) in [7, 11) is 0. The summed E-state index contributed by atoms with van der Waals surface area (Å²) >= 11 is 1.13. The maximum Gasteiger partial charge on any atom is 0.417 e. The maximum atomic E-state index is 13.4. The van der Waals surface area contributed by atoms with E-state index in [4.69, 9.17) is 11.5 Å². The van der Waals surface area contributed by atoms with Gasteiger partial charge in [-0.3, -0.25) is 0 Å². The summed E-state index contributed by atoms with van der Waals surface area (Å²) in [6.07, 6.45) is -4.63. The van der Waals surface area contributed by atoms with E-state index in [0.717, 1.165) is 11.8 Å². The molecule has 2 rings (SSSR count). The highest BCUT2D eigenvalue weighted by Gasteiger charge is 2.57. The van der Waals surface area contributed by atoms with Gasteiger partial charge in [-0.15, -0.1) is 0 Å². The molecular weight excluding hydrogens is 263 g/mol. The second kappa shape index (κ2) is 4.38. The van der Waals surface area contributed by atoms with Gasteiger partial charge in [0.25, 0.3) is 0 Å². The quantitative estimate of drug-likeness (QED) is 0.774. The highest BCUT2D eigenvalue weighted by Crippen LogP contribution is 2.48. The van der Waals surface area contributed by atoms with Crippen LogP contribution in [-0.4, -0.2) is 17.1 Å². The Morgan fingerprint density at radius 3 is 2.56 bits per heavy atom. The Morgan fingerprint density at radius 1 is 1.28 bits per heavy atom. The van der Waals surface area contributed by atoms with Gasteiger partial charge in [0, 0.05) is 11.4 Å². The second-order valence-corrected chi connectivity index (χ2v) is 5.15. The first-order valence-electron chi connectivity index (χ1n) is 5.26. The average Bonchev–Trinajstić information content (AvgIpc) is 2.27. The summed E-state index contributed by atoms with van der Waals surface area (Å²) < 4.78 is 40.1. The Hall–Kier alpha value is -1.37. The van der Waals surface area contributed by atoms with Crippen molar-refractivity contribution >= 4 is 22.6 Å². The van der Waals surface area contributed by atoms with E-state index in [2.05, 4.69) is 4.99 Å². The maximum absolute atomic E-state index is 13.4. The van der Waals surface area contributed by atoms with Gasteiger partial charge in [-0.05, 0) is 24.1 Å². The molecule has 0 saturated heterocycles. The SMILES string of the molecule is NC1=NC(c2cccc(N)c2)(C(F)(F)F)CCS1. The van der Waals surface area contributed by atoms with E-state index in [1.807, 2.05) is 0 Å². The first kappa shape index (κ1) is 13.1. The molecule has 3 nitrogen and oxygen atoms in total. The minimum atomic E-state index is -4.49. The smallest absolute Gasteiger partial charge is 0.399 e. The van der Waals surface area contributed by atoms with Gasteiger partial charge in [0.2, 0.25) is 0 Å². The monoisotopic (exact) mass is 275 g/mol. The van der Waals surface area contributed by atoms with Gasteiger partial charge in [-0.1, -0.05) is 23.9 Å². The number of halogens is 3. The van der Waals surface area contributed by atoms with E-state index in [1.54, 1.807) is 0 Å². The zero-order valence-electron chi connectivity index (χ0n) is 9.37. The van der Waals surface area contributed by atoms with Crippen LogP contribution in [0.3, 0.4) is 0 Å². The van der Waals surface area contributed by atoms with Crippen LogP contribution in [0.2, 0.25) is 0 Å². The van der Waals surface area contributed by atoms with Crippen molar-refractivity contribution in [2.75, 3.05) is 11.5 Å². The molecule has 0 amide bonds. The van der Waals surface area contributed by atoms with Crippen LogP contribution in [0.5, 0.6) is 0 Å². The van der Waals surface area contributed by atoms with Crippen molar-refractivity contribution in [1.82, 2.24) is 0 Å². The standard InChI is InChI=1S/C11H12F3N3S/c12-11(13,14)10(4-5-18-9(16)17-10)7-2-1-3-8(15)6-7/h1-3,6H,4-5,15H2,(H2,16,17). The topological polar surface area (TPSA) is 64.4 Å². The Kier molecular flexibility index (Phi) is 3.18. The fourth-order valence-corrected chi connectivity index (χ4v) is 2.78. The summed E-state index contributed by atoms with van der Waals surface area (Å²) in [5.41, 5.74) is 9.07. The van der Waals surface area contributed by atoms with Crippen molar-refractivity contribution in [3.8, 4) is 0 Å². The zero-order valence-corrected chi connectivity index (χ0v) is 10.2. The first-order valence-corrected chi connectivity index (χ1v) is 6.24. The van der Waals surface area contributed by atoms with Crippen LogP contribution in [0.4, 0.5) is 18.9 Å². The summed E-state index contributed by atoms with van der Waals surface area (Å²) in [6, 6.07) is 5.72. The minimum absolute atomic E-state index is 0.0400. The van der Waals surface area contributed by atoms with E-state index < -0.39 is 11.7 Å². The summed E-state index contributed by atoms with van der Waals surface area (Å²) in [5.74, 6) is 0.281. The molecule has 0 saturated carbocycles. The van der Waals surface area contributed by atoms with Crippen LogP contribution in [0, 0.1) is 0 Å². The predicted molar refractivity (Wildman–Crippen MR) is 67.3 cm³/mol. The molecule has 1 aromatic rings. The van der Waals surface area contributed by atoms with E-state index in [1.165, 1.54) is 24.3 Å². The fourth-order valence-electron chi connectivity index (χ4n) is 1.95. The fraction of sp³-hybridized carbons (Fsp3) is 0.364. The van der Waals surface area contributed by atoms with Crippen LogP contribution >= 0.6 is 11.8 Å². The Bertz CT molecular complexity index is 487. The van der Waals surface area contributed by atoms with E-state index in [0.29, 0.717) is 0 Å². The van der Waals surface area contributed by atoms with Crippen LogP contribution in [-0.2, 0) is 5.54 Å². The third-order valence-corrected chi connectivity index (χ3v) is 3.64. The molecule has 1 unspecified atom stereocenters. The van der Waals surface area contributed by atoms with Gasteiger partial charge >= 0.3 is 6.18 Å². The normalized spacial score (nSPS) is 24.7. The lowest BCUT2D eigenvalue weighted by molar-refractivity contribution is -0.189. The highest BCUT2D eigenvalue weighted by atomic mass is 32.2. The van der Waals surface area contributed by atoms with Gasteiger partial charge in [0.1, 0.15) is 0 Å². The van der Waals surface area contributed by atoms with Crippen LogP contribution in [0.25, 0.3) is 0 Å². The molecule has 1 aliphatic rings. The van der Waals surface area contributed by atoms with Crippen LogP contribution < -0.4 is 11.5 Å². The van der Waals surface area contributed by atoms with Crippen LogP contribution in [0.1, 0.15) is 12.0 Å². The second-order valence-electron chi connectivity index (χ2n) is 4.03. The number of aliphatic imine (C=N–C) groups is 1. The summed E-state index contributed by atoms with van der Waals surface area (Å²) in [6.45, 7) is 0. The molecular formula is C11H12F3N3S. The molecule has 1 heterocycles. The minimum Gasteiger partial charge on any atom is -0.399 e. The van der Waals surface area contributed by atoms with Crippen molar-refractivity contribution in [1.29, 1.82) is 0 Å². The van der Waals surface area contributed by atoms with Gasteiger partial charge < -0.3 is 11.5 Å². The number of benzene rings is 1. The number of rotatable bonds is 1. The molecule has 0 aromatic heterocycles. The van der Waals surface area contributed by atoms with Crippen LogP contribution in [0.15, 0.2) is 29.3 Å². The number of anilines is 1.